The molecule has 1 aromatic rings. The molecule has 120 valence electrons. The minimum absolute atomic E-state index is 0.227. The molecule has 0 bridgehead atoms. The molecule has 1 aromatic heterocycles. The van der Waals surface area contributed by atoms with E-state index in [1.165, 1.54) is 32.0 Å². The number of hydrogen-bond acceptors (Lipinski definition) is 4. The fraction of sp³-hybridized carbons (Fsp3) is 0.688. The number of hydrogen-bond donors (Lipinski definition) is 1. The predicted octanol–water partition coefficient (Wildman–Crippen LogP) is 2.80. The molecule has 5 nitrogen and oxygen atoms in total. The summed E-state index contributed by atoms with van der Waals surface area (Å²) in [7, 11) is 0. The fourth-order valence-corrected chi connectivity index (χ4v) is 3.76. The van der Waals surface area contributed by atoms with Gasteiger partial charge in [0.25, 0.3) is 0 Å². The zero-order valence-corrected chi connectivity index (χ0v) is 13.6. The highest BCUT2D eigenvalue weighted by molar-refractivity contribution is 6.32. The highest BCUT2D eigenvalue weighted by atomic mass is 35.5. The van der Waals surface area contributed by atoms with Crippen LogP contribution in [-0.4, -0.2) is 35.0 Å². The van der Waals surface area contributed by atoms with Crippen LogP contribution in [0.4, 0.5) is 5.82 Å². The van der Waals surface area contributed by atoms with Gasteiger partial charge in [-0.3, -0.25) is 4.79 Å². The lowest BCUT2D eigenvalue weighted by molar-refractivity contribution is -0.122. The minimum Gasteiger partial charge on any atom is -0.355 e. The van der Waals surface area contributed by atoms with Crippen LogP contribution in [0.25, 0.3) is 0 Å². The van der Waals surface area contributed by atoms with Crippen molar-refractivity contribution in [2.24, 2.45) is 5.92 Å². The van der Waals surface area contributed by atoms with Crippen LogP contribution in [-0.2, 0) is 4.79 Å². The van der Waals surface area contributed by atoms with Crippen LogP contribution in [0.15, 0.2) is 12.5 Å². The van der Waals surface area contributed by atoms with Crippen LogP contribution in [0.3, 0.4) is 0 Å². The quantitative estimate of drug-likeness (QED) is 0.926. The van der Waals surface area contributed by atoms with E-state index in [0.29, 0.717) is 17.4 Å². The van der Waals surface area contributed by atoms with Crippen molar-refractivity contribution < 1.29 is 4.79 Å². The Morgan fingerprint density at radius 3 is 2.68 bits per heavy atom. The summed E-state index contributed by atoms with van der Waals surface area (Å²) < 4.78 is 0. The summed E-state index contributed by atoms with van der Waals surface area (Å²) in [6, 6.07) is 0.283. The zero-order chi connectivity index (χ0) is 15.4. The maximum atomic E-state index is 12.1. The first-order chi connectivity index (χ1) is 10.7. The molecule has 1 aliphatic heterocycles. The molecule has 1 aliphatic carbocycles. The van der Waals surface area contributed by atoms with Crippen molar-refractivity contribution in [3.05, 3.63) is 17.5 Å². The van der Waals surface area contributed by atoms with Gasteiger partial charge in [0.05, 0.1) is 6.20 Å². The Balaban J connectivity index is 1.45. The largest absolute Gasteiger partial charge is 0.355 e. The molecule has 0 radical (unpaired) electrons. The number of amides is 1. The van der Waals surface area contributed by atoms with E-state index in [0.717, 1.165) is 31.7 Å². The van der Waals surface area contributed by atoms with Gasteiger partial charge in [0, 0.05) is 25.6 Å². The Kier molecular flexibility index (Phi) is 5.13. The van der Waals surface area contributed by atoms with Crippen molar-refractivity contribution in [2.45, 2.75) is 51.0 Å². The van der Waals surface area contributed by atoms with Gasteiger partial charge < -0.3 is 10.2 Å². The van der Waals surface area contributed by atoms with Gasteiger partial charge in [-0.15, -0.1) is 0 Å². The van der Waals surface area contributed by atoms with Gasteiger partial charge in [0.1, 0.15) is 11.3 Å². The summed E-state index contributed by atoms with van der Waals surface area (Å²) in [6.45, 7) is 1.73. The lowest BCUT2D eigenvalue weighted by atomic mass is 10.0. The number of carbonyl (C=O) groups is 1. The third kappa shape index (κ3) is 3.88. The number of rotatable bonds is 4. The average Bonchev–Trinajstić information content (AvgIpc) is 3.01. The Morgan fingerprint density at radius 1 is 1.27 bits per heavy atom. The molecule has 0 atom stereocenters. The summed E-state index contributed by atoms with van der Waals surface area (Å²) in [4.78, 5) is 22.4. The lowest BCUT2D eigenvalue weighted by Gasteiger charge is -2.33. The van der Waals surface area contributed by atoms with Crippen molar-refractivity contribution in [3.63, 3.8) is 0 Å². The number of carbonyl (C=O) groups excluding carboxylic acids is 1. The molecule has 2 heterocycles. The van der Waals surface area contributed by atoms with Gasteiger partial charge in [-0.1, -0.05) is 24.4 Å². The van der Waals surface area contributed by atoms with Crippen molar-refractivity contribution in [1.82, 2.24) is 15.3 Å². The average molecular weight is 323 g/mol. The molecule has 1 saturated carbocycles. The van der Waals surface area contributed by atoms with Gasteiger partial charge in [-0.25, -0.2) is 9.97 Å². The second-order valence-electron chi connectivity index (χ2n) is 6.38. The lowest BCUT2D eigenvalue weighted by Crippen LogP contribution is -2.45. The molecular weight excluding hydrogens is 300 g/mol. The first-order valence-electron chi connectivity index (χ1n) is 8.22. The van der Waals surface area contributed by atoms with Gasteiger partial charge in [0.2, 0.25) is 5.91 Å². The number of halogens is 1. The minimum atomic E-state index is 0.227. The van der Waals surface area contributed by atoms with Crippen LogP contribution in [0.5, 0.6) is 0 Å². The number of anilines is 1. The molecule has 2 fully saturated rings. The summed E-state index contributed by atoms with van der Waals surface area (Å²) in [5.74, 6) is 1.64. The smallest absolute Gasteiger partial charge is 0.220 e. The molecule has 0 unspecified atom stereocenters. The predicted molar refractivity (Wildman–Crippen MR) is 87.0 cm³/mol. The molecule has 3 rings (SSSR count). The molecule has 1 N–H and O–H groups in total. The third-order valence-corrected chi connectivity index (χ3v) is 5.02. The van der Waals surface area contributed by atoms with Gasteiger partial charge >= 0.3 is 0 Å². The van der Waals surface area contributed by atoms with Crippen molar-refractivity contribution in [2.75, 3.05) is 18.0 Å². The summed E-state index contributed by atoms with van der Waals surface area (Å²) in [5, 5.41) is 3.79. The van der Waals surface area contributed by atoms with E-state index in [1.54, 1.807) is 6.20 Å². The molecule has 1 amide bonds. The highest BCUT2D eigenvalue weighted by Gasteiger charge is 2.24. The normalized spacial score (nSPS) is 20.3. The van der Waals surface area contributed by atoms with Crippen molar-refractivity contribution >= 4 is 23.3 Å². The first-order valence-corrected chi connectivity index (χ1v) is 8.60. The molecule has 0 spiro atoms. The zero-order valence-electron chi connectivity index (χ0n) is 12.8. The van der Waals surface area contributed by atoms with Gasteiger partial charge in [-0.2, -0.15) is 0 Å². The molecule has 6 heteroatoms. The van der Waals surface area contributed by atoms with E-state index in [9.17, 15) is 4.79 Å². The fourth-order valence-electron chi connectivity index (χ4n) is 3.54. The van der Waals surface area contributed by atoms with Crippen LogP contribution in [0.1, 0.15) is 44.9 Å². The monoisotopic (exact) mass is 322 g/mol. The Morgan fingerprint density at radius 2 is 2.00 bits per heavy atom. The molecule has 0 aromatic carbocycles. The summed E-state index contributed by atoms with van der Waals surface area (Å²) in [6.07, 6.45) is 10.8. The molecule has 1 saturated heterocycles. The van der Waals surface area contributed by atoms with Gasteiger partial charge in [0.15, 0.2) is 5.82 Å². The Hall–Kier alpha value is -1.36. The summed E-state index contributed by atoms with van der Waals surface area (Å²) in [5.41, 5.74) is 0. The molecular formula is C16H23ClN4O. The standard InChI is InChI=1S/C16H23ClN4O/c17-14-10-18-11-19-16(14)21-7-5-13(6-8-21)20-15(22)9-12-3-1-2-4-12/h10-13H,1-9H2,(H,20,22). The third-order valence-electron chi connectivity index (χ3n) is 4.76. The number of aromatic nitrogens is 2. The van der Waals surface area contributed by atoms with Crippen molar-refractivity contribution in [3.8, 4) is 0 Å². The number of piperidine rings is 1. The SMILES string of the molecule is O=C(CC1CCCC1)NC1CCN(c2ncncc2Cl)CC1. The maximum Gasteiger partial charge on any atom is 0.220 e. The van der Waals surface area contributed by atoms with Gasteiger partial charge in [-0.05, 0) is 31.6 Å². The van der Waals surface area contributed by atoms with Crippen LogP contribution < -0.4 is 10.2 Å². The molecule has 2 aliphatic rings. The second-order valence-corrected chi connectivity index (χ2v) is 6.78. The Labute approximate surface area is 136 Å². The summed E-state index contributed by atoms with van der Waals surface area (Å²) >= 11 is 6.14. The number of nitrogens with zero attached hydrogens (tertiary/aromatic N) is 3. The second kappa shape index (κ2) is 7.27. The first kappa shape index (κ1) is 15.5. The molecule has 22 heavy (non-hydrogen) atoms. The highest BCUT2D eigenvalue weighted by Crippen LogP contribution is 2.28. The van der Waals surface area contributed by atoms with Crippen LogP contribution in [0, 0.1) is 5.92 Å². The van der Waals surface area contributed by atoms with E-state index in [4.69, 9.17) is 11.6 Å². The van der Waals surface area contributed by atoms with E-state index in [-0.39, 0.29) is 11.9 Å². The van der Waals surface area contributed by atoms with Crippen molar-refractivity contribution in [1.29, 1.82) is 0 Å². The van der Waals surface area contributed by atoms with E-state index < -0.39 is 0 Å². The number of nitrogens with one attached hydrogen (secondary N) is 1. The Bertz CT molecular complexity index is 511. The topological polar surface area (TPSA) is 58.1 Å². The van der Waals surface area contributed by atoms with E-state index in [1.807, 2.05) is 0 Å². The van der Waals surface area contributed by atoms with E-state index in [2.05, 4.69) is 20.2 Å². The maximum absolute atomic E-state index is 12.1. The van der Waals surface area contributed by atoms with E-state index >= 15 is 0 Å². The van der Waals surface area contributed by atoms with Crippen LogP contribution >= 0.6 is 11.6 Å². The van der Waals surface area contributed by atoms with Crippen LogP contribution in [0.2, 0.25) is 5.02 Å².